The Morgan fingerprint density at radius 2 is 1.65 bits per heavy atom. The number of benzene rings is 3. The van der Waals surface area contributed by atoms with Crippen LogP contribution >= 0.6 is 11.6 Å². The van der Waals surface area contributed by atoms with Crippen molar-refractivity contribution in [1.29, 1.82) is 0 Å². The average Bonchev–Trinajstić information content (AvgIpc) is 2.64. The van der Waals surface area contributed by atoms with Gasteiger partial charge in [0.2, 0.25) is 0 Å². The molecule has 0 aliphatic carbocycles. The molecule has 3 rings (SSSR count). The van der Waals surface area contributed by atoms with E-state index in [1.165, 1.54) is 18.2 Å². The van der Waals surface area contributed by atoms with Crippen LogP contribution in [0.15, 0.2) is 66.7 Å². The Labute approximate surface area is 156 Å². The molecule has 0 atom stereocenters. The van der Waals surface area contributed by atoms with Crippen molar-refractivity contribution < 1.29 is 14.7 Å². The van der Waals surface area contributed by atoms with E-state index in [0.29, 0.717) is 21.8 Å². The molecular weight excluding hydrogens is 350 g/mol. The van der Waals surface area contributed by atoms with Crippen LogP contribution < -0.4 is 5.32 Å². The molecule has 2 N–H and O–H groups in total. The topological polar surface area (TPSA) is 66.4 Å². The van der Waals surface area contributed by atoms with Gasteiger partial charge in [-0.25, -0.2) is 0 Å². The molecule has 0 aliphatic rings. The molecule has 0 bridgehead atoms. The molecule has 0 spiro atoms. The third-order valence-electron chi connectivity index (χ3n) is 3.91. The molecule has 4 nitrogen and oxygen atoms in total. The number of hydrogen-bond acceptors (Lipinski definition) is 3. The molecule has 130 valence electrons. The molecule has 0 saturated heterocycles. The lowest BCUT2D eigenvalue weighted by atomic mass is 10.00. The Bertz CT molecular complexity index is 984. The van der Waals surface area contributed by atoms with Gasteiger partial charge in [0.05, 0.1) is 11.3 Å². The molecule has 3 aromatic carbocycles. The first kappa shape index (κ1) is 17.7. The van der Waals surface area contributed by atoms with Gasteiger partial charge in [0.25, 0.3) is 5.91 Å². The van der Waals surface area contributed by atoms with Crippen LogP contribution in [-0.2, 0) is 0 Å². The fourth-order valence-electron chi connectivity index (χ4n) is 2.58. The number of rotatable bonds is 4. The van der Waals surface area contributed by atoms with E-state index < -0.39 is 5.91 Å². The zero-order chi connectivity index (χ0) is 18.7. The zero-order valence-corrected chi connectivity index (χ0v) is 14.7. The van der Waals surface area contributed by atoms with Crippen molar-refractivity contribution in [3.63, 3.8) is 0 Å². The van der Waals surface area contributed by atoms with Crippen LogP contribution in [0.5, 0.6) is 5.75 Å². The standard InChI is InChI=1S/C21H16ClNO3/c1-13-7-9-16(20(25)14-5-3-2-4-6-14)18(11-13)23-21(26)17-12-15(22)8-10-19(17)24/h2-12,24H,1H3,(H,23,26). The SMILES string of the molecule is Cc1ccc(C(=O)c2ccccc2)c(NC(=O)c2cc(Cl)ccc2O)c1. The highest BCUT2D eigenvalue weighted by Crippen LogP contribution is 2.25. The Balaban J connectivity index is 1.97. The number of amides is 1. The monoisotopic (exact) mass is 365 g/mol. The maximum Gasteiger partial charge on any atom is 0.259 e. The molecule has 0 aliphatic heterocycles. The minimum atomic E-state index is -0.544. The molecule has 0 fully saturated rings. The summed E-state index contributed by atoms with van der Waals surface area (Å²) in [4.78, 5) is 25.4. The van der Waals surface area contributed by atoms with E-state index in [0.717, 1.165) is 5.56 Å². The summed E-state index contributed by atoms with van der Waals surface area (Å²) in [6, 6.07) is 18.3. The van der Waals surface area contributed by atoms with E-state index in [1.54, 1.807) is 36.4 Å². The van der Waals surface area contributed by atoms with Gasteiger partial charge in [0.1, 0.15) is 5.75 Å². The van der Waals surface area contributed by atoms with Gasteiger partial charge in [-0.3, -0.25) is 9.59 Å². The lowest BCUT2D eigenvalue weighted by Gasteiger charge is -2.12. The highest BCUT2D eigenvalue weighted by molar-refractivity contribution is 6.31. The summed E-state index contributed by atoms with van der Waals surface area (Å²) in [5.41, 5.74) is 2.20. The minimum absolute atomic E-state index is 0.0390. The predicted molar refractivity (Wildman–Crippen MR) is 102 cm³/mol. The van der Waals surface area contributed by atoms with Gasteiger partial charge in [-0.15, -0.1) is 0 Å². The summed E-state index contributed by atoms with van der Waals surface area (Å²) < 4.78 is 0. The second kappa shape index (κ2) is 7.42. The lowest BCUT2D eigenvalue weighted by Crippen LogP contribution is -2.15. The smallest absolute Gasteiger partial charge is 0.259 e. The van der Waals surface area contributed by atoms with Crippen molar-refractivity contribution in [2.45, 2.75) is 6.92 Å². The Hall–Kier alpha value is -3.11. The predicted octanol–water partition coefficient (Wildman–Crippen LogP) is 4.84. The number of nitrogens with one attached hydrogen (secondary N) is 1. The van der Waals surface area contributed by atoms with E-state index in [2.05, 4.69) is 5.32 Å². The molecule has 0 saturated carbocycles. The Kier molecular flexibility index (Phi) is 5.05. The van der Waals surface area contributed by atoms with Crippen LogP contribution in [0.2, 0.25) is 5.02 Å². The molecule has 1 amide bonds. The fourth-order valence-corrected chi connectivity index (χ4v) is 2.76. The van der Waals surface area contributed by atoms with E-state index in [-0.39, 0.29) is 17.1 Å². The third-order valence-corrected chi connectivity index (χ3v) is 4.14. The second-order valence-corrected chi connectivity index (χ2v) is 6.30. The van der Waals surface area contributed by atoms with Crippen LogP contribution in [0.25, 0.3) is 0 Å². The van der Waals surface area contributed by atoms with Gasteiger partial charge in [0, 0.05) is 16.1 Å². The van der Waals surface area contributed by atoms with Crippen molar-refractivity contribution in [3.05, 3.63) is 94.0 Å². The van der Waals surface area contributed by atoms with E-state index >= 15 is 0 Å². The molecular formula is C21H16ClNO3. The third kappa shape index (κ3) is 3.76. The van der Waals surface area contributed by atoms with Crippen molar-refractivity contribution >= 4 is 29.0 Å². The van der Waals surface area contributed by atoms with Crippen LogP contribution in [0.1, 0.15) is 31.8 Å². The number of carbonyl (C=O) groups excluding carboxylic acids is 2. The normalized spacial score (nSPS) is 10.4. The van der Waals surface area contributed by atoms with Crippen molar-refractivity contribution in [2.75, 3.05) is 5.32 Å². The first-order valence-electron chi connectivity index (χ1n) is 7.96. The van der Waals surface area contributed by atoms with Crippen LogP contribution in [0.4, 0.5) is 5.69 Å². The number of anilines is 1. The van der Waals surface area contributed by atoms with Gasteiger partial charge < -0.3 is 10.4 Å². The molecule has 0 unspecified atom stereocenters. The highest BCUT2D eigenvalue weighted by Gasteiger charge is 2.18. The number of aromatic hydroxyl groups is 1. The van der Waals surface area contributed by atoms with Gasteiger partial charge in [0.15, 0.2) is 5.78 Å². The summed E-state index contributed by atoms with van der Waals surface area (Å²) >= 11 is 5.91. The molecule has 0 radical (unpaired) electrons. The maximum absolute atomic E-state index is 12.8. The largest absolute Gasteiger partial charge is 0.507 e. The van der Waals surface area contributed by atoms with Crippen molar-refractivity contribution in [2.24, 2.45) is 0 Å². The van der Waals surface area contributed by atoms with E-state index in [1.807, 2.05) is 19.1 Å². The number of ketones is 1. The summed E-state index contributed by atoms with van der Waals surface area (Å²) in [5, 5.41) is 12.9. The van der Waals surface area contributed by atoms with Crippen LogP contribution in [0, 0.1) is 6.92 Å². The molecule has 3 aromatic rings. The first-order chi connectivity index (χ1) is 12.5. The van der Waals surface area contributed by atoms with E-state index in [9.17, 15) is 14.7 Å². The molecule has 26 heavy (non-hydrogen) atoms. The van der Waals surface area contributed by atoms with Gasteiger partial charge >= 0.3 is 0 Å². The van der Waals surface area contributed by atoms with Gasteiger partial charge in [-0.1, -0.05) is 48.0 Å². The Morgan fingerprint density at radius 3 is 2.38 bits per heavy atom. The van der Waals surface area contributed by atoms with Crippen LogP contribution in [-0.4, -0.2) is 16.8 Å². The van der Waals surface area contributed by atoms with Gasteiger partial charge in [-0.05, 0) is 42.8 Å². The zero-order valence-electron chi connectivity index (χ0n) is 14.0. The average molecular weight is 366 g/mol. The summed E-state index contributed by atoms with van der Waals surface area (Å²) in [6.07, 6.45) is 0. The highest BCUT2D eigenvalue weighted by atomic mass is 35.5. The first-order valence-corrected chi connectivity index (χ1v) is 8.34. The quantitative estimate of drug-likeness (QED) is 0.650. The van der Waals surface area contributed by atoms with Crippen molar-refractivity contribution in [1.82, 2.24) is 0 Å². The fraction of sp³-hybridized carbons (Fsp3) is 0.0476. The number of hydrogen-bond donors (Lipinski definition) is 2. The van der Waals surface area contributed by atoms with Gasteiger partial charge in [-0.2, -0.15) is 0 Å². The lowest BCUT2D eigenvalue weighted by molar-refractivity contribution is 0.102. The number of aryl methyl sites for hydroxylation is 1. The molecule has 0 aromatic heterocycles. The summed E-state index contributed by atoms with van der Waals surface area (Å²) in [5.74, 6) is -0.926. The van der Waals surface area contributed by atoms with Crippen LogP contribution in [0.3, 0.4) is 0 Å². The second-order valence-electron chi connectivity index (χ2n) is 5.86. The molecule has 0 heterocycles. The number of carbonyl (C=O) groups is 2. The summed E-state index contributed by atoms with van der Waals surface area (Å²) in [6.45, 7) is 1.86. The maximum atomic E-state index is 12.8. The Morgan fingerprint density at radius 1 is 0.923 bits per heavy atom. The minimum Gasteiger partial charge on any atom is -0.507 e. The van der Waals surface area contributed by atoms with Crippen molar-refractivity contribution in [3.8, 4) is 5.75 Å². The number of phenolic OH excluding ortho intramolecular Hbond substituents is 1. The number of phenols is 1. The van der Waals surface area contributed by atoms with E-state index in [4.69, 9.17) is 11.6 Å². The molecule has 5 heteroatoms. The number of halogens is 1. The summed E-state index contributed by atoms with van der Waals surface area (Å²) in [7, 11) is 0.